The molecule has 5 radical (unpaired) electrons. The zero-order chi connectivity index (χ0) is 18.2. The highest BCUT2D eigenvalue weighted by Crippen LogP contribution is 2.27. The van der Waals surface area contributed by atoms with Crippen molar-refractivity contribution in [3.05, 3.63) is 67.1 Å². The molecular formula is C21H22ClN2O2. The number of hydrogen-bond donors (Lipinski definition) is 1. The number of nitrogens with zero attached hydrogens (tertiary/aromatic N) is 1. The monoisotopic (exact) mass is 369 g/mol. The van der Waals surface area contributed by atoms with Crippen LogP contribution >= 0.6 is 11.6 Å². The van der Waals surface area contributed by atoms with Gasteiger partial charge < -0.3 is 10.1 Å². The lowest BCUT2D eigenvalue weighted by molar-refractivity contribution is -0.143. The summed E-state index contributed by atoms with van der Waals surface area (Å²) in [4.78, 5) is 16.1. The number of anilines is 1. The number of benzene rings is 1. The second-order valence-corrected chi connectivity index (χ2v) is 6.60. The number of halogens is 1. The average molecular weight is 370 g/mol. The summed E-state index contributed by atoms with van der Waals surface area (Å²) in [5.41, 5.74) is 1.87. The summed E-state index contributed by atoms with van der Waals surface area (Å²) in [6.07, 6.45) is 12.9. The van der Waals surface area contributed by atoms with Crippen LogP contribution in [0.4, 0.5) is 5.69 Å². The second kappa shape index (κ2) is 9.77. The second-order valence-electron chi connectivity index (χ2n) is 6.17. The molecule has 3 rings (SSSR count). The van der Waals surface area contributed by atoms with Crippen molar-refractivity contribution < 1.29 is 9.53 Å². The van der Waals surface area contributed by atoms with E-state index in [4.69, 9.17) is 16.3 Å². The zero-order valence-corrected chi connectivity index (χ0v) is 15.3. The van der Waals surface area contributed by atoms with Crippen LogP contribution in [0.5, 0.6) is 0 Å². The van der Waals surface area contributed by atoms with Crippen molar-refractivity contribution in [2.45, 2.75) is 25.7 Å². The lowest BCUT2D eigenvalue weighted by atomic mass is 10.0. The van der Waals surface area contributed by atoms with E-state index in [0.29, 0.717) is 18.1 Å². The van der Waals surface area contributed by atoms with Crippen molar-refractivity contribution in [2.24, 2.45) is 0 Å². The van der Waals surface area contributed by atoms with Crippen LogP contribution in [0.15, 0.2) is 30.5 Å². The molecule has 1 fully saturated rings. The van der Waals surface area contributed by atoms with Crippen LogP contribution in [0, 0.1) is 31.6 Å². The summed E-state index contributed by atoms with van der Waals surface area (Å²) in [5, 5.41) is 5.07. The van der Waals surface area contributed by atoms with Gasteiger partial charge in [-0.2, -0.15) is 0 Å². The summed E-state index contributed by atoms with van der Waals surface area (Å²) < 4.78 is 5.29. The van der Waals surface area contributed by atoms with Gasteiger partial charge in [-0.3, -0.25) is 9.78 Å². The number of ether oxygens (including phenoxy) is 1. The molecule has 1 aromatic carbocycles. The highest BCUT2D eigenvalue weighted by atomic mass is 35.5. The van der Waals surface area contributed by atoms with Crippen molar-refractivity contribution in [1.82, 2.24) is 4.98 Å². The first kappa shape index (κ1) is 19.0. The molecule has 5 heteroatoms. The third-order valence-corrected chi connectivity index (χ3v) is 4.42. The Hall–Kier alpha value is -1.81. The van der Waals surface area contributed by atoms with Gasteiger partial charge >= 0.3 is 5.97 Å². The van der Waals surface area contributed by atoms with E-state index in [1.165, 1.54) is 5.92 Å². The molecule has 26 heavy (non-hydrogen) atoms. The van der Waals surface area contributed by atoms with Crippen LogP contribution in [0.2, 0.25) is 5.02 Å². The smallest absolute Gasteiger partial charge is 0.305 e. The molecule has 1 saturated carbocycles. The predicted molar refractivity (Wildman–Crippen MR) is 105 cm³/mol. The van der Waals surface area contributed by atoms with E-state index >= 15 is 0 Å². The molecule has 1 aliphatic rings. The fourth-order valence-corrected chi connectivity index (χ4v) is 3.01. The molecular weight excluding hydrogens is 348 g/mol. The third kappa shape index (κ3) is 5.60. The first-order valence-corrected chi connectivity index (χ1v) is 9.24. The number of rotatable bonds is 9. The van der Waals surface area contributed by atoms with E-state index in [1.807, 2.05) is 37.1 Å². The maximum Gasteiger partial charge on any atom is 0.305 e. The summed E-state index contributed by atoms with van der Waals surface area (Å²) in [5.74, 6) is 1.15. The number of carbonyl (C=O) groups excluding carboxylic acids is 1. The minimum Gasteiger partial charge on any atom is -0.466 e. The maximum absolute atomic E-state index is 11.7. The standard InChI is InChI=1S/C21H22ClN2O2/c22-17-9-10-18-19(11-13-24-20(18)15-17)23-12-4-14-26-21(25)8-3-7-16-5-1-2-6-16/h1-2,5-6,9-11,13,15H,3-4,7-8,12,14H2,(H,23,24). The first-order chi connectivity index (χ1) is 12.7. The SMILES string of the molecule is O=C(CCC[C]1[CH][CH][CH][CH]1)OCCCNc1ccnc2cc(Cl)ccc12. The summed E-state index contributed by atoms with van der Waals surface area (Å²) in [6, 6.07) is 7.60. The summed E-state index contributed by atoms with van der Waals surface area (Å²) in [6.45, 7) is 1.15. The molecule has 0 aliphatic heterocycles. The largest absolute Gasteiger partial charge is 0.466 e. The molecule has 0 unspecified atom stereocenters. The fraction of sp³-hybridized carbons (Fsp3) is 0.286. The van der Waals surface area contributed by atoms with Crippen molar-refractivity contribution in [3.8, 4) is 0 Å². The van der Waals surface area contributed by atoms with E-state index in [2.05, 4.69) is 23.1 Å². The highest BCUT2D eigenvalue weighted by molar-refractivity contribution is 6.31. The minimum absolute atomic E-state index is 0.124. The van der Waals surface area contributed by atoms with Crippen LogP contribution < -0.4 is 5.32 Å². The van der Waals surface area contributed by atoms with Crippen LogP contribution in [0.25, 0.3) is 10.9 Å². The zero-order valence-electron chi connectivity index (χ0n) is 14.6. The molecule has 0 atom stereocenters. The lowest BCUT2D eigenvalue weighted by Crippen LogP contribution is -2.10. The third-order valence-electron chi connectivity index (χ3n) is 4.18. The molecule has 1 aromatic heterocycles. The Bertz CT molecular complexity index is 729. The molecule has 1 N–H and O–H groups in total. The highest BCUT2D eigenvalue weighted by Gasteiger charge is 2.16. The van der Waals surface area contributed by atoms with Crippen LogP contribution in [0.1, 0.15) is 25.7 Å². The van der Waals surface area contributed by atoms with E-state index in [9.17, 15) is 4.79 Å². The topological polar surface area (TPSA) is 51.2 Å². The quantitative estimate of drug-likeness (QED) is 0.509. The van der Waals surface area contributed by atoms with Gasteiger partial charge in [0.1, 0.15) is 0 Å². The number of fused-ring (bicyclic) bond motifs is 1. The van der Waals surface area contributed by atoms with Gasteiger partial charge in [-0.15, -0.1) is 0 Å². The molecule has 0 amide bonds. The molecule has 0 saturated heterocycles. The van der Waals surface area contributed by atoms with E-state index in [-0.39, 0.29) is 5.97 Å². The van der Waals surface area contributed by atoms with E-state index in [1.54, 1.807) is 6.20 Å². The van der Waals surface area contributed by atoms with Crippen molar-refractivity contribution in [2.75, 3.05) is 18.5 Å². The Morgan fingerprint density at radius 2 is 2.00 bits per heavy atom. The number of aromatic nitrogens is 1. The number of carbonyl (C=O) groups is 1. The Balaban J connectivity index is 1.32. The van der Waals surface area contributed by atoms with Crippen LogP contribution in [-0.2, 0) is 9.53 Å². The van der Waals surface area contributed by atoms with Gasteiger partial charge in [0.05, 0.1) is 12.1 Å². The van der Waals surface area contributed by atoms with Gasteiger partial charge in [-0.1, -0.05) is 11.6 Å². The Morgan fingerprint density at radius 1 is 1.15 bits per heavy atom. The minimum atomic E-state index is -0.124. The predicted octanol–water partition coefficient (Wildman–Crippen LogP) is 4.81. The lowest BCUT2D eigenvalue weighted by Gasteiger charge is -2.10. The molecule has 135 valence electrons. The molecule has 1 aliphatic carbocycles. The van der Waals surface area contributed by atoms with Crippen LogP contribution in [-0.4, -0.2) is 24.1 Å². The Kier molecular flexibility index (Phi) is 7.13. The van der Waals surface area contributed by atoms with Gasteiger partial charge in [0.15, 0.2) is 0 Å². The normalized spacial score (nSPS) is 14.7. The van der Waals surface area contributed by atoms with Gasteiger partial charge in [0.2, 0.25) is 0 Å². The number of pyridine rings is 1. The molecule has 0 bridgehead atoms. The van der Waals surface area contributed by atoms with Gasteiger partial charge in [-0.05, 0) is 75.1 Å². The van der Waals surface area contributed by atoms with Gasteiger partial charge in [-0.25, -0.2) is 0 Å². The van der Waals surface area contributed by atoms with Crippen molar-refractivity contribution in [3.63, 3.8) is 0 Å². The van der Waals surface area contributed by atoms with Gasteiger partial charge in [0, 0.05) is 35.3 Å². The van der Waals surface area contributed by atoms with E-state index in [0.717, 1.165) is 42.4 Å². The van der Waals surface area contributed by atoms with Gasteiger partial charge in [0.25, 0.3) is 0 Å². The summed E-state index contributed by atoms with van der Waals surface area (Å²) >= 11 is 6.00. The average Bonchev–Trinajstić information content (AvgIpc) is 3.14. The molecule has 2 aromatic rings. The van der Waals surface area contributed by atoms with Crippen LogP contribution in [0.3, 0.4) is 0 Å². The molecule has 0 spiro atoms. The number of esters is 1. The first-order valence-electron chi connectivity index (χ1n) is 8.87. The van der Waals surface area contributed by atoms with E-state index < -0.39 is 0 Å². The Labute approximate surface area is 160 Å². The molecule has 4 nitrogen and oxygen atoms in total. The fourth-order valence-electron chi connectivity index (χ4n) is 2.85. The molecule has 1 heterocycles. The number of hydrogen-bond acceptors (Lipinski definition) is 4. The maximum atomic E-state index is 11.7. The summed E-state index contributed by atoms with van der Waals surface area (Å²) in [7, 11) is 0. The number of nitrogens with one attached hydrogen (secondary N) is 1. The van der Waals surface area contributed by atoms with Crippen molar-refractivity contribution >= 4 is 34.2 Å². The van der Waals surface area contributed by atoms with Crippen molar-refractivity contribution in [1.29, 1.82) is 0 Å². The Morgan fingerprint density at radius 3 is 2.85 bits per heavy atom.